The fourth-order valence-corrected chi connectivity index (χ4v) is 4.22. The molecule has 1 fully saturated rings. The quantitative estimate of drug-likeness (QED) is 0.426. The predicted octanol–water partition coefficient (Wildman–Crippen LogP) is 1.09. The summed E-state index contributed by atoms with van der Waals surface area (Å²) in [6, 6.07) is 4.58. The van der Waals surface area contributed by atoms with Gasteiger partial charge in [-0.25, -0.2) is 0 Å². The molecule has 1 N–H and O–H groups in total. The highest BCUT2D eigenvalue weighted by atomic mass is 16.6. The molecule has 1 saturated heterocycles. The van der Waals surface area contributed by atoms with Crippen LogP contribution in [0.25, 0.3) is 0 Å². The van der Waals surface area contributed by atoms with Crippen LogP contribution in [0, 0.1) is 0 Å². The van der Waals surface area contributed by atoms with Crippen molar-refractivity contribution in [1.29, 1.82) is 0 Å². The number of nitrogens with zero attached hydrogens (tertiary/aromatic N) is 2. The Morgan fingerprint density at radius 2 is 1.89 bits per heavy atom. The molecular formula is C24H28N2O9. The average molecular weight is 488 g/mol. The van der Waals surface area contributed by atoms with Gasteiger partial charge in [0.2, 0.25) is 23.3 Å². The third-order valence-electron chi connectivity index (χ3n) is 6.10. The largest absolute Gasteiger partial charge is 0.502 e. The van der Waals surface area contributed by atoms with E-state index >= 15 is 0 Å². The van der Waals surface area contributed by atoms with Gasteiger partial charge in [0.25, 0.3) is 0 Å². The molecule has 0 saturated carbocycles. The van der Waals surface area contributed by atoms with Crippen molar-refractivity contribution in [3.05, 3.63) is 45.5 Å². The molecule has 4 rings (SSSR count). The maximum Gasteiger partial charge on any atom is 0.306 e. The molecule has 0 unspecified atom stereocenters. The molecule has 1 aromatic heterocycles. The molecule has 11 nitrogen and oxygen atoms in total. The minimum atomic E-state index is -0.855. The van der Waals surface area contributed by atoms with Crippen molar-refractivity contribution in [2.75, 3.05) is 53.6 Å². The van der Waals surface area contributed by atoms with E-state index in [9.17, 15) is 19.5 Å². The number of fused-ring (bicyclic) bond motifs is 1. The minimum absolute atomic E-state index is 0.0526. The SMILES string of the molecule is COC(=O)C[C@H](c1cc(OC)c2c(c1)OCCO2)c1oc(CN2CCN(C=O)CC2)cc(=O)c1O. The molecule has 0 bridgehead atoms. The van der Waals surface area contributed by atoms with Crippen LogP contribution < -0.4 is 19.6 Å². The summed E-state index contributed by atoms with van der Waals surface area (Å²) in [6.07, 6.45) is 0.617. The number of benzene rings is 1. The van der Waals surface area contributed by atoms with Gasteiger partial charge in [-0.05, 0) is 17.7 Å². The number of aromatic hydroxyl groups is 1. The van der Waals surface area contributed by atoms with Crippen molar-refractivity contribution in [3.63, 3.8) is 0 Å². The first kappa shape index (κ1) is 24.4. The fourth-order valence-electron chi connectivity index (χ4n) is 4.22. The van der Waals surface area contributed by atoms with Gasteiger partial charge in [-0.1, -0.05) is 0 Å². The summed E-state index contributed by atoms with van der Waals surface area (Å²) in [4.78, 5) is 39.7. The molecule has 35 heavy (non-hydrogen) atoms. The van der Waals surface area contributed by atoms with E-state index in [4.69, 9.17) is 23.4 Å². The van der Waals surface area contributed by atoms with Crippen molar-refractivity contribution in [2.45, 2.75) is 18.9 Å². The standard InChI is InChI=1S/C24H28N2O9/c1-31-19-9-15(10-20-24(19)34-8-7-33-20)17(12-21(29)32-2)23-22(30)18(28)11-16(35-23)13-25-3-5-26(14-27)6-4-25/h9-11,14,17,30H,3-8,12-13H2,1-2H3/t17-/m1/s1. The van der Waals surface area contributed by atoms with Crippen molar-refractivity contribution in [2.24, 2.45) is 0 Å². The Morgan fingerprint density at radius 3 is 2.57 bits per heavy atom. The zero-order valence-corrected chi connectivity index (χ0v) is 19.7. The number of carbonyl (C=O) groups is 2. The number of hydrogen-bond donors (Lipinski definition) is 1. The van der Waals surface area contributed by atoms with E-state index in [0.717, 1.165) is 6.41 Å². The Bertz CT molecular complexity index is 1120. The zero-order valence-electron chi connectivity index (χ0n) is 19.7. The van der Waals surface area contributed by atoms with Gasteiger partial charge in [-0.3, -0.25) is 19.3 Å². The summed E-state index contributed by atoms with van der Waals surface area (Å²) in [6.45, 7) is 3.39. The van der Waals surface area contributed by atoms with Crippen LogP contribution in [0.15, 0.2) is 27.4 Å². The summed E-state index contributed by atoms with van der Waals surface area (Å²) in [5.41, 5.74) is -0.0983. The molecule has 1 aromatic carbocycles. The van der Waals surface area contributed by atoms with Gasteiger partial charge in [0, 0.05) is 32.2 Å². The van der Waals surface area contributed by atoms with E-state index in [2.05, 4.69) is 0 Å². The van der Waals surface area contributed by atoms with Gasteiger partial charge >= 0.3 is 5.97 Å². The number of carbonyl (C=O) groups excluding carboxylic acids is 2. The second-order valence-corrected chi connectivity index (χ2v) is 8.29. The minimum Gasteiger partial charge on any atom is -0.502 e. The summed E-state index contributed by atoms with van der Waals surface area (Å²) in [7, 11) is 2.74. The molecule has 0 radical (unpaired) electrons. The highest BCUT2D eigenvalue weighted by molar-refractivity contribution is 5.71. The average Bonchev–Trinajstić information content (AvgIpc) is 2.89. The topological polar surface area (TPSA) is 128 Å². The van der Waals surface area contributed by atoms with E-state index in [0.29, 0.717) is 74.5 Å². The molecule has 0 spiro atoms. The molecule has 2 aromatic rings. The van der Waals surface area contributed by atoms with E-state index in [-0.39, 0.29) is 12.2 Å². The lowest BCUT2D eigenvalue weighted by atomic mass is 9.91. The Kier molecular flexibility index (Phi) is 7.45. The van der Waals surface area contributed by atoms with E-state index < -0.39 is 23.1 Å². The highest BCUT2D eigenvalue weighted by Crippen LogP contribution is 2.44. The first-order chi connectivity index (χ1) is 16.9. The van der Waals surface area contributed by atoms with Gasteiger partial charge in [0.05, 0.1) is 33.1 Å². The van der Waals surface area contributed by atoms with Crippen molar-refractivity contribution >= 4 is 12.4 Å². The van der Waals surface area contributed by atoms with Crippen LogP contribution in [-0.2, 0) is 20.9 Å². The van der Waals surface area contributed by atoms with Crippen LogP contribution in [0.2, 0.25) is 0 Å². The van der Waals surface area contributed by atoms with Crippen LogP contribution >= 0.6 is 0 Å². The third kappa shape index (κ3) is 5.35. The van der Waals surface area contributed by atoms with Gasteiger partial charge in [0.15, 0.2) is 17.3 Å². The number of hydrogen-bond acceptors (Lipinski definition) is 10. The number of piperazine rings is 1. The monoisotopic (exact) mass is 488 g/mol. The molecule has 3 heterocycles. The second kappa shape index (κ2) is 10.7. The van der Waals surface area contributed by atoms with E-state index in [1.165, 1.54) is 20.3 Å². The lowest BCUT2D eigenvalue weighted by Gasteiger charge is -2.32. The van der Waals surface area contributed by atoms with Crippen LogP contribution in [0.3, 0.4) is 0 Å². The van der Waals surface area contributed by atoms with Crippen LogP contribution in [0.4, 0.5) is 0 Å². The molecule has 11 heteroatoms. The predicted molar refractivity (Wildman–Crippen MR) is 122 cm³/mol. The Hall–Kier alpha value is -3.73. The van der Waals surface area contributed by atoms with Crippen LogP contribution in [-0.4, -0.2) is 80.9 Å². The number of ether oxygens (including phenoxy) is 4. The first-order valence-electron chi connectivity index (χ1n) is 11.3. The van der Waals surface area contributed by atoms with E-state index in [1.54, 1.807) is 17.0 Å². The Balaban J connectivity index is 1.72. The van der Waals surface area contributed by atoms with Crippen LogP contribution in [0.1, 0.15) is 29.4 Å². The second-order valence-electron chi connectivity index (χ2n) is 8.29. The van der Waals surface area contributed by atoms with Crippen molar-refractivity contribution < 1.29 is 38.1 Å². The van der Waals surface area contributed by atoms with Crippen LogP contribution in [0.5, 0.6) is 23.0 Å². The van der Waals surface area contributed by atoms with Gasteiger partial charge in [-0.15, -0.1) is 0 Å². The smallest absolute Gasteiger partial charge is 0.306 e. The summed E-state index contributed by atoms with van der Waals surface area (Å²) < 4.78 is 27.7. The Morgan fingerprint density at radius 1 is 1.14 bits per heavy atom. The van der Waals surface area contributed by atoms with Gasteiger partial charge in [-0.2, -0.15) is 0 Å². The van der Waals surface area contributed by atoms with Crippen molar-refractivity contribution in [3.8, 4) is 23.0 Å². The number of methoxy groups -OCH3 is 2. The number of esters is 1. The molecule has 1 atom stereocenters. The van der Waals surface area contributed by atoms with Crippen molar-refractivity contribution in [1.82, 2.24) is 9.80 Å². The molecule has 2 aliphatic heterocycles. The first-order valence-corrected chi connectivity index (χ1v) is 11.3. The molecule has 2 aliphatic rings. The maximum absolute atomic E-state index is 12.7. The molecule has 0 aliphatic carbocycles. The fraction of sp³-hybridized carbons (Fsp3) is 0.458. The Labute approximate surface area is 201 Å². The summed E-state index contributed by atoms with van der Waals surface area (Å²) >= 11 is 0. The number of rotatable bonds is 8. The zero-order chi connectivity index (χ0) is 24.9. The highest BCUT2D eigenvalue weighted by Gasteiger charge is 2.30. The van der Waals surface area contributed by atoms with Gasteiger partial charge in [0.1, 0.15) is 19.0 Å². The third-order valence-corrected chi connectivity index (χ3v) is 6.10. The normalized spacial score (nSPS) is 16.5. The summed E-state index contributed by atoms with van der Waals surface area (Å²) in [5.74, 6) is -0.460. The molecular weight excluding hydrogens is 460 g/mol. The van der Waals surface area contributed by atoms with Gasteiger partial charge < -0.3 is 33.4 Å². The maximum atomic E-state index is 12.7. The lowest BCUT2D eigenvalue weighted by molar-refractivity contribution is -0.141. The number of amides is 1. The molecule has 1 amide bonds. The summed E-state index contributed by atoms with van der Waals surface area (Å²) in [5, 5.41) is 10.7. The lowest BCUT2D eigenvalue weighted by Crippen LogP contribution is -2.45. The molecule has 188 valence electrons. The van der Waals surface area contributed by atoms with E-state index in [1.807, 2.05) is 4.90 Å².